The number of carbonyl (C=O) groups excluding carboxylic acids is 2. The first-order valence-corrected chi connectivity index (χ1v) is 22.2. The molecule has 0 fully saturated rings. The Kier molecular flexibility index (Phi) is 40.9. The molecule has 0 aliphatic heterocycles. The summed E-state index contributed by atoms with van der Waals surface area (Å²) in [5.41, 5.74) is 0. The van der Waals surface area contributed by atoms with Gasteiger partial charge in [0.15, 0.2) is 6.10 Å². The second kappa shape index (κ2) is 42.1. The molecule has 0 radical (unpaired) electrons. The summed E-state index contributed by atoms with van der Waals surface area (Å²) in [6, 6.07) is 0. The molecular formula is C45H86O5. The van der Waals surface area contributed by atoms with Crippen molar-refractivity contribution < 1.29 is 23.8 Å². The molecule has 5 nitrogen and oxygen atoms in total. The lowest BCUT2D eigenvalue weighted by Gasteiger charge is -2.18. The summed E-state index contributed by atoms with van der Waals surface area (Å²) in [6.07, 6.45) is 45.1. The van der Waals surface area contributed by atoms with Crippen molar-refractivity contribution >= 4 is 11.9 Å². The van der Waals surface area contributed by atoms with E-state index in [-0.39, 0.29) is 18.5 Å². The fourth-order valence-corrected chi connectivity index (χ4v) is 6.45. The highest BCUT2D eigenvalue weighted by Crippen LogP contribution is 2.14. The number of esters is 2. The minimum atomic E-state index is -0.522. The number of hydrogen-bond acceptors (Lipinski definition) is 5. The van der Waals surface area contributed by atoms with Crippen LogP contribution < -0.4 is 0 Å². The van der Waals surface area contributed by atoms with E-state index >= 15 is 0 Å². The lowest BCUT2D eigenvalue weighted by atomic mass is 10.1. The van der Waals surface area contributed by atoms with Crippen LogP contribution in [0.5, 0.6) is 0 Å². The molecule has 0 aromatic rings. The summed E-state index contributed by atoms with van der Waals surface area (Å²) >= 11 is 0. The van der Waals surface area contributed by atoms with Gasteiger partial charge in [-0.3, -0.25) is 9.59 Å². The lowest BCUT2D eigenvalue weighted by molar-refractivity contribution is -0.163. The summed E-state index contributed by atoms with van der Waals surface area (Å²) in [6.45, 7) is 7.80. The van der Waals surface area contributed by atoms with Gasteiger partial charge in [0.25, 0.3) is 0 Å². The van der Waals surface area contributed by atoms with Gasteiger partial charge < -0.3 is 14.2 Å². The van der Waals surface area contributed by atoms with Crippen LogP contribution in [0, 0.1) is 0 Å². The molecule has 0 aliphatic rings. The Bertz CT molecular complexity index is 720. The Morgan fingerprint density at radius 2 is 0.780 bits per heavy atom. The molecule has 0 heterocycles. The van der Waals surface area contributed by atoms with Gasteiger partial charge in [0.05, 0.1) is 6.61 Å². The fourth-order valence-electron chi connectivity index (χ4n) is 6.45. The first kappa shape index (κ1) is 48.6. The van der Waals surface area contributed by atoms with Gasteiger partial charge in [-0.05, 0) is 44.9 Å². The fraction of sp³-hybridized carbons (Fsp3) is 0.911. The molecule has 296 valence electrons. The monoisotopic (exact) mass is 707 g/mol. The largest absolute Gasteiger partial charge is 0.462 e. The molecule has 0 bridgehead atoms. The quantitative estimate of drug-likeness (QED) is 0.0360. The Morgan fingerprint density at radius 3 is 1.22 bits per heavy atom. The minimum absolute atomic E-state index is 0.0912. The van der Waals surface area contributed by atoms with E-state index in [4.69, 9.17) is 14.2 Å². The van der Waals surface area contributed by atoms with Crippen LogP contribution in [0.4, 0.5) is 0 Å². The number of hydrogen-bond donors (Lipinski definition) is 0. The highest BCUT2D eigenvalue weighted by atomic mass is 16.6. The van der Waals surface area contributed by atoms with Crippen LogP contribution in [-0.4, -0.2) is 37.9 Å². The minimum Gasteiger partial charge on any atom is -0.462 e. The molecule has 5 heteroatoms. The van der Waals surface area contributed by atoms with Crippen molar-refractivity contribution in [1.29, 1.82) is 0 Å². The first-order chi connectivity index (χ1) is 24.6. The smallest absolute Gasteiger partial charge is 0.306 e. The molecule has 0 N–H and O–H groups in total. The Hall–Kier alpha value is -1.36. The SMILES string of the molecule is CCCCCCCC/C=C\CCCCCCCCCCCC(=O)OCC(COCCCCCCCCCC)OC(=O)CCCCCCCCC. The molecule has 0 rings (SSSR count). The second-order valence-corrected chi connectivity index (χ2v) is 15.0. The molecule has 0 saturated heterocycles. The van der Waals surface area contributed by atoms with Crippen molar-refractivity contribution in [1.82, 2.24) is 0 Å². The van der Waals surface area contributed by atoms with Gasteiger partial charge >= 0.3 is 11.9 Å². The van der Waals surface area contributed by atoms with Crippen molar-refractivity contribution in [2.24, 2.45) is 0 Å². The Labute approximate surface area is 312 Å². The topological polar surface area (TPSA) is 61.8 Å². The maximum atomic E-state index is 12.6. The predicted octanol–water partition coefficient (Wildman–Crippen LogP) is 14.3. The van der Waals surface area contributed by atoms with Gasteiger partial charge in [0, 0.05) is 19.4 Å². The summed E-state index contributed by atoms with van der Waals surface area (Å²) in [5.74, 6) is -0.395. The molecule has 0 aromatic carbocycles. The van der Waals surface area contributed by atoms with Gasteiger partial charge in [-0.1, -0.05) is 193 Å². The molecule has 0 saturated carbocycles. The Balaban J connectivity index is 4.01. The van der Waals surface area contributed by atoms with E-state index in [1.807, 2.05) is 0 Å². The zero-order chi connectivity index (χ0) is 36.4. The van der Waals surface area contributed by atoms with Gasteiger partial charge in [0.2, 0.25) is 0 Å². The van der Waals surface area contributed by atoms with Crippen molar-refractivity contribution in [3.05, 3.63) is 12.2 Å². The van der Waals surface area contributed by atoms with Crippen LogP contribution >= 0.6 is 0 Å². The molecule has 0 aromatic heterocycles. The maximum absolute atomic E-state index is 12.6. The average molecular weight is 707 g/mol. The molecule has 0 amide bonds. The van der Waals surface area contributed by atoms with E-state index in [0.717, 1.165) is 32.1 Å². The van der Waals surface area contributed by atoms with Crippen molar-refractivity contribution in [2.75, 3.05) is 19.8 Å². The van der Waals surface area contributed by atoms with Crippen LogP contribution in [0.15, 0.2) is 12.2 Å². The highest BCUT2D eigenvalue weighted by Gasteiger charge is 2.17. The third kappa shape index (κ3) is 39.4. The summed E-state index contributed by atoms with van der Waals surface area (Å²) < 4.78 is 17.2. The van der Waals surface area contributed by atoms with Gasteiger partial charge in [-0.25, -0.2) is 0 Å². The van der Waals surface area contributed by atoms with Crippen molar-refractivity contribution in [3.63, 3.8) is 0 Å². The number of unbranched alkanes of at least 4 members (excludes halogenated alkanes) is 28. The van der Waals surface area contributed by atoms with Gasteiger partial charge in [0.1, 0.15) is 6.61 Å². The first-order valence-electron chi connectivity index (χ1n) is 22.2. The van der Waals surface area contributed by atoms with Crippen LogP contribution in [0.3, 0.4) is 0 Å². The molecular weight excluding hydrogens is 620 g/mol. The Morgan fingerprint density at radius 1 is 0.420 bits per heavy atom. The van der Waals surface area contributed by atoms with Crippen molar-refractivity contribution in [3.8, 4) is 0 Å². The maximum Gasteiger partial charge on any atom is 0.306 e. The molecule has 0 spiro atoms. The number of allylic oxidation sites excluding steroid dienone is 2. The van der Waals surface area contributed by atoms with Crippen molar-refractivity contribution in [2.45, 2.75) is 245 Å². The normalized spacial score (nSPS) is 12.1. The molecule has 0 aliphatic carbocycles. The third-order valence-electron chi connectivity index (χ3n) is 9.80. The standard InChI is InChI=1S/C45H86O5/c1-4-7-10-13-16-18-19-20-21-22-23-24-25-26-27-28-30-32-35-38-44(46)49-42-43(41-48-40-37-34-31-17-14-11-8-5-2)50-45(47)39-36-33-29-15-12-9-6-3/h20-21,43H,4-19,22-42H2,1-3H3/b21-20-. The van der Waals surface area contributed by atoms with E-state index in [0.29, 0.717) is 26.1 Å². The van der Waals surface area contributed by atoms with Crippen LogP contribution in [0.25, 0.3) is 0 Å². The summed E-state index contributed by atoms with van der Waals surface area (Å²) in [7, 11) is 0. The molecule has 1 unspecified atom stereocenters. The molecule has 1 atom stereocenters. The summed E-state index contributed by atoms with van der Waals surface area (Å²) in [5, 5.41) is 0. The van der Waals surface area contributed by atoms with Crippen LogP contribution in [0.2, 0.25) is 0 Å². The molecule has 50 heavy (non-hydrogen) atoms. The highest BCUT2D eigenvalue weighted by molar-refractivity contribution is 5.70. The average Bonchev–Trinajstić information content (AvgIpc) is 3.11. The lowest BCUT2D eigenvalue weighted by Crippen LogP contribution is -2.30. The number of rotatable bonds is 41. The van der Waals surface area contributed by atoms with E-state index in [9.17, 15) is 9.59 Å². The zero-order valence-electron chi connectivity index (χ0n) is 33.9. The van der Waals surface area contributed by atoms with Crippen LogP contribution in [0.1, 0.15) is 239 Å². The van der Waals surface area contributed by atoms with Crippen LogP contribution in [-0.2, 0) is 23.8 Å². The third-order valence-corrected chi connectivity index (χ3v) is 9.80. The van der Waals surface area contributed by atoms with E-state index < -0.39 is 6.10 Å². The van der Waals surface area contributed by atoms with E-state index in [1.165, 1.54) is 173 Å². The van der Waals surface area contributed by atoms with E-state index in [1.54, 1.807) is 0 Å². The number of carbonyl (C=O) groups is 2. The van der Waals surface area contributed by atoms with E-state index in [2.05, 4.69) is 32.9 Å². The zero-order valence-corrected chi connectivity index (χ0v) is 33.9. The van der Waals surface area contributed by atoms with Gasteiger partial charge in [-0.15, -0.1) is 0 Å². The van der Waals surface area contributed by atoms with Gasteiger partial charge in [-0.2, -0.15) is 0 Å². The second-order valence-electron chi connectivity index (χ2n) is 15.0. The number of ether oxygens (including phenoxy) is 3. The summed E-state index contributed by atoms with van der Waals surface area (Å²) in [4.78, 5) is 25.0. The predicted molar refractivity (Wildman–Crippen MR) is 215 cm³/mol.